The summed E-state index contributed by atoms with van der Waals surface area (Å²) in [5, 5.41) is 12.5. The van der Waals surface area contributed by atoms with E-state index < -0.39 is 11.5 Å². The summed E-state index contributed by atoms with van der Waals surface area (Å²) in [4.78, 5) is 13.5. The molecule has 1 saturated heterocycles. The van der Waals surface area contributed by atoms with Crippen molar-refractivity contribution in [3.63, 3.8) is 0 Å². The summed E-state index contributed by atoms with van der Waals surface area (Å²) in [5.41, 5.74) is -0.806. The van der Waals surface area contributed by atoms with E-state index in [9.17, 15) is 9.90 Å². The van der Waals surface area contributed by atoms with E-state index >= 15 is 0 Å². The second-order valence-electron chi connectivity index (χ2n) is 4.73. The van der Waals surface area contributed by atoms with Crippen molar-refractivity contribution in [3.05, 3.63) is 0 Å². The molecule has 1 fully saturated rings. The molecule has 1 heterocycles. The van der Waals surface area contributed by atoms with Crippen LogP contribution in [0.25, 0.3) is 0 Å². The molecule has 0 aromatic heterocycles. The molecule has 5 heteroatoms. The predicted octanol–water partition coefficient (Wildman–Crippen LogP) is 0.550. The molecule has 0 amide bonds. The summed E-state index contributed by atoms with van der Waals surface area (Å²) in [6, 6.07) is 0. The lowest BCUT2D eigenvalue weighted by atomic mass is 9.92. The van der Waals surface area contributed by atoms with E-state index in [0.717, 1.165) is 19.7 Å². The van der Waals surface area contributed by atoms with Gasteiger partial charge < -0.3 is 14.7 Å². The highest BCUT2D eigenvalue weighted by Crippen LogP contribution is 2.16. The first kappa shape index (κ1) is 14.4. The highest BCUT2D eigenvalue weighted by atomic mass is 16.5. The van der Waals surface area contributed by atoms with E-state index in [1.807, 2.05) is 13.8 Å². The number of carboxylic acid groups (broad SMARTS) is 1. The van der Waals surface area contributed by atoms with Crippen LogP contribution in [0.3, 0.4) is 0 Å². The van der Waals surface area contributed by atoms with Crippen LogP contribution >= 0.6 is 0 Å². The Morgan fingerprint density at radius 2 is 2.18 bits per heavy atom. The van der Waals surface area contributed by atoms with Gasteiger partial charge in [0.25, 0.3) is 0 Å². The van der Waals surface area contributed by atoms with Gasteiger partial charge in [-0.15, -0.1) is 0 Å². The number of carbonyl (C=O) groups is 1. The SMILES string of the molecule is CCC(CC)(NCC1CN(C)CCO1)C(=O)O. The summed E-state index contributed by atoms with van der Waals surface area (Å²) in [5.74, 6) is -0.772. The molecule has 17 heavy (non-hydrogen) atoms. The number of likely N-dealkylation sites (N-methyl/N-ethyl adjacent to an activating group) is 1. The lowest BCUT2D eigenvalue weighted by Gasteiger charge is -2.34. The minimum absolute atomic E-state index is 0.0885. The summed E-state index contributed by atoms with van der Waals surface area (Å²) < 4.78 is 5.62. The quantitative estimate of drug-likeness (QED) is 0.714. The van der Waals surface area contributed by atoms with Gasteiger partial charge in [0.05, 0.1) is 12.7 Å². The zero-order chi connectivity index (χ0) is 12.9. The van der Waals surface area contributed by atoms with Gasteiger partial charge in [0, 0.05) is 19.6 Å². The van der Waals surface area contributed by atoms with Crippen molar-refractivity contribution in [1.29, 1.82) is 0 Å². The molecule has 0 aromatic rings. The lowest BCUT2D eigenvalue weighted by Crippen LogP contribution is -2.55. The fraction of sp³-hybridized carbons (Fsp3) is 0.917. The van der Waals surface area contributed by atoms with Crippen LogP contribution in [-0.4, -0.2) is 60.9 Å². The van der Waals surface area contributed by atoms with E-state index in [1.54, 1.807) is 0 Å². The van der Waals surface area contributed by atoms with E-state index in [2.05, 4.69) is 17.3 Å². The summed E-state index contributed by atoms with van der Waals surface area (Å²) >= 11 is 0. The first-order valence-electron chi connectivity index (χ1n) is 6.32. The number of morpholine rings is 1. The van der Waals surface area contributed by atoms with E-state index in [0.29, 0.717) is 19.4 Å². The molecule has 0 aliphatic carbocycles. The predicted molar refractivity (Wildman–Crippen MR) is 66.2 cm³/mol. The van der Waals surface area contributed by atoms with Gasteiger partial charge in [-0.05, 0) is 19.9 Å². The molecule has 1 aliphatic rings. The fourth-order valence-electron chi connectivity index (χ4n) is 2.18. The lowest BCUT2D eigenvalue weighted by molar-refractivity contribution is -0.145. The molecule has 0 aromatic carbocycles. The number of rotatable bonds is 6. The molecule has 0 saturated carbocycles. The number of hydrogen-bond acceptors (Lipinski definition) is 4. The smallest absolute Gasteiger partial charge is 0.323 e. The minimum Gasteiger partial charge on any atom is -0.480 e. The Hall–Kier alpha value is -0.650. The maximum Gasteiger partial charge on any atom is 0.323 e. The van der Waals surface area contributed by atoms with Crippen LogP contribution in [0.4, 0.5) is 0 Å². The standard InChI is InChI=1S/C12H24N2O3/c1-4-12(5-2,11(15)16)13-8-10-9-14(3)6-7-17-10/h10,13H,4-9H2,1-3H3,(H,15,16). The third kappa shape index (κ3) is 3.66. The first-order valence-corrected chi connectivity index (χ1v) is 6.32. The van der Waals surface area contributed by atoms with Gasteiger partial charge >= 0.3 is 5.97 Å². The normalized spacial score (nSPS) is 22.6. The van der Waals surface area contributed by atoms with Crippen molar-refractivity contribution in [2.24, 2.45) is 0 Å². The van der Waals surface area contributed by atoms with Gasteiger partial charge in [0.2, 0.25) is 0 Å². The molecular formula is C12H24N2O3. The molecule has 5 nitrogen and oxygen atoms in total. The van der Waals surface area contributed by atoms with Crippen LogP contribution in [0.1, 0.15) is 26.7 Å². The molecule has 0 radical (unpaired) electrons. The molecule has 1 rings (SSSR count). The highest BCUT2D eigenvalue weighted by Gasteiger charge is 2.35. The Morgan fingerprint density at radius 1 is 1.53 bits per heavy atom. The number of ether oxygens (including phenoxy) is 1. The molecule has 0 spiro atoms. The van der Waals surface area contributed by atoms with Crippen LogP contribution in [0, 0.1) is 0 Å². The van der Waals surface area contributed by atoms with Crippen molar-refractivity contribution >= 4 is 5.97 Å². The van der Waals surface area contributed by atoms with Crippen LogP contribution in [0.15, 0.2) is 0 Å². The molecule has 1 unspecified atom stereocenters. The zero-order valence-electron chi connectivity index (χ0n) is 11.0. The van der Waals surface area contributed by atoms with Crippen molar-refractivity contribution < 1.29 is 14.6 Å². The van der Waals surface area contributed by atoms with E-state index in [-0.39, 0.29) is 6.10 Å². The molecular weight excluding hydrogens is 220 g/mol. The number of carboxylic acids is 1. The van der Waals surface area contributed by atoms with E-state index in [4.69, 9.17) is 4.74 Å². The number of nitrogens with one attached hydrogen (secondary N) is 1. The van der Waals surface area contributed by atoms with Crippen molar-refractivity contribution in [2.45, 2.75) is 38.3 Å². The third-order valence-electron chi connectivity index (χ3n) is 3.63. The number of aliphatic carboxylic acids is 1. The molecule has 1 atom stereocenters. The molecule has 100 valence electrons. The molecule has 1 aliphatic heterocycles. The van der Waals surface area contributed by atoms with Crippen molar-refractivity contribution in [3.8, 4) is 0 Å². The highest BCUT2D eigenvalue weighted by molar-refractivity contribution is 5.78. The van der Waals surface area contributed by atoms with Crippen LogP contribution < -0.4 is 5.32 Å². The Kier molecular flexibility index (Phi) is 5.36. The van der Waals surface area contributed by atoms with Gasteiger partial charge in [0.1, 0.15) is 5.54 Å². The average molecular weight is 244 g/mol. The maximum absolute atomic E-state index is 11.3. The molecule has 0 bridgehead atoms. The average Bonchev–Trinajstić information content (AvgIpc) is 2.31. The Balaban J connectivity index is 2.49. The summed E-state index contributed by atoms with van der Waals surface area (Å²) in [6.45, 7) is 6.93. The van der Waals surface area contributed by atoms with Gasteiger partial charge in [-0.1, -0.05) is 13.8 Å². The number of nitrogens with zero attached hydrogens (tertiary/aromatic N) is 1. The third-order valence-corrected chi connectivity index (χ3v) is 3.63. The number of hydrogen-bond donors (Lipinski definition) is 2. The van der Waals surface area contributed by atoms with Crippen molar-refractivity contribution in [1.82, 2.24) is 10.2 Å². The molecule has 2 N–H and O–H groups in total. The van der Waals surface area contributed by atoms with Gasteiger partial charge in [-0.25, -0.2) is 0 Å². The second kappa shape index (κ2) is 6.33. The van der Waals surface area contributed by atoms with Crippen LogP contribution in [-0.2, 0) is 9.53 Å². The van der Waals surface area contributed by atoms with Crippen LogP contribution in [0.5, 0.6) is 0 Å². The monoisotopic (exact) mass is 244 g/mol. The second-order valence-corrected chi connectivity index (χ2v) is 4.73. The van der Waals surface area contributed by atoms with Gasteiger partial charge in [0.15, 0.2) is 0 Å². The zero-order valence-corrected chi connectivity index (χ0v) is 11.0. The Morgan fingerprint density at radius 3 is 2.65 bits per heavy atom. The van der Waals surface area contributed by atoms with E-state index in [1.165, 1.54) is 0 Å². The van der Waals surface area contributed by atoms with Gasteiger partial charge in [-0.3, -0.25) is 10.1 Å². The topological polar surface area (TPSA) is 61.8 Å². The minimum atomic E-state index is -0.806. The Labute approximate surface area is 103 Å². The fourth-order valence-corrected chi connectivity index (χ4v) is 2.18. The Bertz CT molecular complexity index is 254. The first-order chi connectivity index (χ1) is 8.04. The summed E-state index contributed by atoms with van der Waals surface area (Å²) in [7, 11) is 2.06. The van der Waals surface area contributed by atoms with Crippen molar-refractivity contribution in [2.75, 3.05) is 33.3 Å². The largest absolute Gasteiger partial charge is 0.480 e. The summed E-state index contributed by atoms with van der Waals surface area (Å²) in [6.07, 6.45) is 1.26. The van der Waals surface area contributed by atoms with Gasteiger partial charge in [-0.2, -0.15) is 0 Å². The van der Waals surface area contributed by atoms with Crippen LogP contribution in [0.2, 0.25) is 0 Å². The maximum atomic E-state index is 11.3.